The van der Waals surface area contributed by atoms with Crippen molar-refractivity contribution in [1.29, 1.82) is 0 Å². The first-order valence-electron chi connectivity index (χ1n) is 5.53. The zero-order valence-corrected chi connectivity index (χ0v) is 11.2. The standard InChI is InChI=1S/C11H11F2N3O3S/c1-7-5-6-16(14-7)11(17)15-20(18,19)10-8(12)3-2-4-9(10)13/h2-5,14H,6H2,1H3,(H,15,17). The monoisotopic (exact) mass is 303 g/mol. The molecule has 1 aromatic rings. The van der Waals surface area contributed by atoms with E-state index in [9.17, 15) is 22.0 Å². The zero-order valence-electron chi connectivity index (χ0n) is 10.4. The van der Waals surface area contributed by atoms with Gasteiger partial charge < -0.3 is 0 Å². The molecular weight excluding hydrogens is 292 g/mol. The SMILES string of the molecule is CC1=CCN(C(=O)NS(=O)(=O)c2c(F)cccc2F)N1. The van der Waals surface area contributed by atoms with Crippen LogP contribution in [0.5, 0.6) is 0 Å². The number of halogens is 2. The predicted octanol–water partition coefficient (Wildman–Crippen LogP) is 1.09. The Morgan fingerprint density at radius 3 is 2.45 bits per heavy atom. The molecule has 0 fully saturated rings. The number of rotatable bonds is 2. The summed E-state index contributed by atoms with van der Waals surface area (Å²) in [4.78, 5) is 10.5. The first-order valence-corrected chi connectivity index (χ1v) is 7.01. The van der Waals surface area contributed by atoms with Crippen LogP contribution in [0.2, 0.25) is 0 Å². The van der Waals surface area contributed by atoms with Crippen LogP contribution in [0.4, 0.5) is 13.6 Å². The molecule has 2 amide bonds. The highest BCUT2D eigenvalue weighted by Crippen LogP contribution is 2.18. The maximum absolute atomic E-state index is 13.4. The largest absolute Gasteiger partial charge is 0.350 e. The highest BCUT2D eigenvalue weighted by molar-refractivity contribution is 7.90. The minimum Gasteiger partial charge on any atom is -0.299 e. The van der Waals surface area contributed by atoms with Gasteiger partial charge in [-0.15, -0.1) is 0 Å². The number of urea groups is 1. The molecule has 6 nitrogen and oxygen atoms in total. The lowest BCUT2D eigenvalue weighted by Crippen LogP contribution is -2.46. The minimum absolute atomic E-state index is 0.146. The molecule has 1 heterocycles. The summed E-state index contributed by atoms with van der Waals surface area (Å²) < 4.78 is 52.1. The third kappa shape index (κ3) is 2.72. The molecule has 0 unspecified atom stereocenters. The van der Waals surface area contributed by atoms with E-state index in [-0.39, 0.29) is 6.54 Å². The molecule has 2 rings (SSSR count). The number of sulfonamides is 1. The molecule has 9 heteroatoms. The summed E-state index contributed by atoms with van der Waals surface area (Å²) in [5.41, 5.74) is 3.25. The lowest BCUT2D eigenvalue weighted by Gasteiger charge is -2.18. The van der Waals surface area contributed by atoms with Gasteiger partial charge in [0.2, 0.25) is 0 Å². The fourth-order valence-corrected chi connectivity index (χ4v) is 2.72. The summed E-state index contributed by atoms with van der Waals surface area (Å²) >= 11 is 0. The summed E-state index contributed by atoms with van der Waals surface area (Å²) in [5.74, 6) is -2.54. The maximum atomic E-state index is 13.4. The number of amides is 2. The molecule has 1 aromatic carbocycles. The van der Waals surface area contributed by atoms with Gasteiger partial charge in [0, 0.05) is 5.70 Å². The number of carbonyl (C=O) groups excluding carboxylic acids is 1. The fourth-order valence-electron chi connectivity index (χ4n) is 1.63. The summed E-state index contributed by atoms with van der Waals surface area (Å²) in [5, 5.41) is 0.964. The van der Waals surface area contributed by atoms with Crippen molar-refractivity contribution in [3.63, 3.8) is 0 Å². The van der Waals surface area contributed by atoms with E-state index in [2.05, 4.69) is 5.43 Å². The van der Waals surface area contributed by atoms with Crippen molar-refractivity contribution in [1.82, 2.24) is 15.2 Å². The summed E-state index contributed by atoms with van der Waals surface area (Å²) in [6, 6.07) is 1.59. The summed E-state index contributed by atoms with van der Waals surface area (Å²) in [6.45, 7) is 1.82. The van der Waals surface area contributed by atoms with Gasteiger partial charge >= 0.3 is 6.03 Å². The molecule has 0 saturated heterocycles. The molecule has 0 spiro atoms. The first-order chi connectivity index (χ1) is 9.31. The van der Waals surface area contributed by atoms with Crippen LogP contribution in [-0.2, 0) is 10.0 Å². The van der Waals surface area contributed by atoms with Crippen LogP contribution < -0.4 is 10.1 Å². The van der Waals surface area contributed by atoms with Crippen molar-refractivity contribution in [2.24, 2.45) is 0 Å². The van der Waals surface area contributed by atoms with E-state index in [0.29, 0.717) is 5.70 Å². The lowest BCUT2D eigenvalue weighted by atomic mass is 10.3. The number of hydrazine groups is 1. The smallest absolute Gasteiger partial charge is 0.299 e. The van der Waals surface area contributed by atoms with Crippen LogP contribution in [0.15, 0.2) is 34.9 Å². The normalized spacial score (nSPS) is 14.8. The number of nitrogens with zero attached hydrogens (tertiary/aromatic N) is 1. The van der Waals surface area contributed by atoms with Crippen LogP contribution in [-0.4, -0.2) is 26.0 Å². The van der Waals surface area contributed by atoms with E-state index < -0.39 is 32.6 Å². The highest BCUT2D eigenvalue weighted by atomic mass is 32.2. The number of hydrogen-bond donors (Lipinski definition) is 2. The van der Waals surface area contributed by atoms with Crippen molar-refractivity contribution in [2.75, 3.05) is 6.54 Å². The van der Waals surface area contributed by atoms with Gasteiger partial charge in [0.15, 0.2) is 4.90 Å². The molecule has 0 aliphatic carbocycles. The third-order valence-electron chi connectivity index (χ3n) is 2.55. The van der Waals surface area contributed by atoms with E-state index >= 15 is 0 Å². The van der Waals surface area contributed by atoms with Crippen molar-refractivity contribution in [3.05, 3.63) is 41.6 Å². The average Bonchev–Trinajstić information content (AvgIpc) is 2.74. The Balaban J connectivity index is 2.22. The number of allylic oxidation sites excluding steroid dienone is 1. The van der Waals surface area contributed by atoms with Crippen LogP contribution in [0.3, 0.4) is 0 Å². The quantitative estimate of drug-likeness (QED) is 0.857. The lowest BCUT2D eigenvalue weighted by molar-refractivity contribution is 0.199. The Hall–Kier alpha value is -2.16. The van der Waals surface area contributed by atoms with Gasteiger partial charge in [0.25, 0.3) is 10.0 Å². The maximum Gasteiger partial charge on any atom is 0.350 e. The zero-order chi connectivity index (χ0) is 14.9. The molecule has 1 aliphatic rings. The second kappa shape index (κ2) is 5.08. The molecule has 0 atom stereocenters. The second-order valence-electron chi connectivity index (χ2n) is 4.07. The number of carbonyl (C=O) groups is 1. The Morgan fingerprint density at radius 1 is 1.35 bits per heavy atom. The average molecular weight is 303 g/mol. The Morgan fingerprint density at radius 2 is 1.95 bits per heavy atom. The van der Waals surface area contributed by atoms with Gasteiger partial charge in [-0.1, -0.05) is 6.07 Å². The molecule has 0 radical (unpaired) electrons. The Kier molecular flexibility index (Phi) is 3.62. The molecule has 108 valence electrons. The van der Waals surface area contributed by atoms with Crippen molar-refractivity contribution < 1.29 is 22.0 Å². The van der Waals surface area contributed by atoms with Crippen molar-refractivity contribution in [2.45, 2.75) is 11.8 Å². The summed E-state index contributed by atoms with van der Waals surface area (Å²) in [7, 11) is -4.63. The molecule has 1 aliphatic heterocycles. The summed E-state index contributed by atoms with van der Waals surface area (Å²) in [6.07, 6.45) is 1.65. The molecule has 0 bridgehead atoms. The number of nitrogens with one attached hydrogen (secondary N) is 2. The van der Waals surface area contributed by atoms with E-state index in [1.54, 1.807) is 17.7 Å². The van der Waals surface area contributed by atoms with Crippen molar-refractivity contribution >= 4 is 16.1 Å². The van der Waals surface area contributed by atoms with Gasteiger partial charge in [0.05, 0.1) is 6.54 Å². The number of hydrogen-bond acceptors (Lipinski definition) is 4. The van der Waals surface area contributed by atoms with Crippen LogP contribution in [0.1, 0.15) is 6.92 Å². The third-order valence-corrected chi connectivity index (χ3v) is 3.92. The van der Waals surface area contributed by atoms with Gasteiger partial charge in [0.1, 0.15) is 11.6 Å². The van der Waals surface area contributed by atoms with Crippen LogP contribution >= 0.6 is 0 Å². The Labute approximate surface area is 114 Å². The number of benzene rings is 1. The first kappa shape index (κ1) is 14.3. The molecule has 20 heavy (non-hydrogen) atoms. The fraction of sp³-hybridized carbons (Fsp3) is 0.182. The molecule has 2 N–H and O–H groups in total. The molecular formula is C11H11F2N3O3S. The van der Waals surface area contributed by atoms with E-state index in [0.717, 1.165) is 23.2 Å². The molecule has 0 aromatic heterocycles. The topological polar surface area (TPSA) is 78.5 Å². The van der Waals surface area contributed by atoms with Crippen LogP contribution in [0, 0.1) is 11.6 Å². The van der Waals surface area contributed by atoms with Gasteiger partial charge in [-0.25, -0.2) is 31.7 Å². The second-order valence-corrected chi connectivity index (χ2v) is 5.69. The van der Waals surface area contributed by atoms with Gasteiger partial charge in [-0.2, -0.15) is 0 Å². The Bertz CT molecular complexity index is 668. The molecule has 0 saturated carbocycles. The predicted molar refractivity (Wildman–Crippen MR) is 65.7 cm³/mol. The minimum atomic E-state index is -4.63. The highest BCUT2D eigenvalue weighted by Gasteiger charge is 2.28. The van der Waals surface area contributed by atoms with Gasteiger partial charge in [-0.05, 0) is 25.1 Å². The van der Waals surface area contributed by atoms with E-state index in [1.165, 1.54) is 0 Å². The van der Waals surface area contributed by atoms with Crippen LogP contribution in [0.25, 0.3) is 0 Å². The van der Waals surface area contributed by atoms with E-state index in [1.807, 2.05) is 0 Å². The van der Waals surface area contributed by atoms with Crippen molar-refractivity contribution in [3.8, 4) is 0 Å². The van der Waals surface area contributed by atoms with Gasteiger partial charge in [-0.3, -0.25) is 5.43 Å². The van der Waals surface area contributed by atoms with E-state index in [4.69, 9.17) is 0 Å².